The summed E-state index contributed by atoms with van der Waals surface area (Å²) in [5.74, 6) is 0.356. The van der Waals surface area contributed by atoms with Gasteiger partial charge < -0.3 is 10.6 Å². The first-order valence-corrected chi connectivity index (χ1v) is 7.20. The second-order valence-corrected chi connectivity index (χ2v) is 5.58. The van der Waals surface area contributed by atoms with Crippen molar-refractivity contribution in [3.8, 4) is 0 Å². The third-order valence-electron chi connectivity index (χ3n) is 3.93. The fourth-order valence-electron chi connectivity index (χ4n) is 2.52. The van der Waals surface area contributed by atoms with Crippen molar-refractivity contribution < 1.29 is 4.79 Å². The molecule has 0 radical (unpaired) electrons. The van der Waals surface area contributed by atoms with Crippen LogP contribution in [0.15, 0.2) is 36.4 Å². The Kier molecular flexibility index (Phi) is 3.70. The summed E-state index contributed by atoms with van der Waals surface area (Å²) in [6, 6.07) is 13.0. The topological polar surface area (TPSA) is 41.1 Å². The molecule has 3 heteroatoms. The summed E-state index contributed by atoms with van der Waals surface area (Å²) in [4.78, 5) is 11.7. The molecule has 3 nitrogen and oxygen atoms in total. The van der Waals surface area contributed by atoms with Crippen LogP contribution in [0.5, 0.6) is 0 Å². The van der Waals surface area contributed by atoms with E-state index in [1.807, 2.05) is 0 Å². The van der Waals surface area contributed by atoms with Gasteiger partial charge >= 0.3 is 0 Å². The molecule has 104 valence electrons. The summed E-state index contributed by atoms with van der Waals surface area (Å²) in [6.45, 7) is 4.47. The maximum Gasteiger partial charge on any atom is 0.225 e. The third kappa shape index (κ3) is 2.83. The molecule has 1 aliphatic heterocycles. The molecule has 1 fully saturated rings. The van der Waals surface area contributed by atoms with Crippen molar-refractivity contribution in [1.82, 2.24) is 10.6 Å². The van der Waals surface area contributed by atoms with E-state index < -0.39 is 0 Å². The number of amides is 1. The fourth-order valence-corrected chi connectivity index (χ4v) is 2.52. The van der Waals surface area contributed by atoms with E-state index in [1.165, 1.54) is 21.9 Å². The van der Waals surface area contributed by atoms with Crippen LogP contribution in [0.3, 0.4) is 0 Å². The van der Waals surface area contributed by atoms with Gasteiger partial charge in [-0.3, -0.25) is 4.79 Å². The van der Waals surface area contributed by atoms with Gasteiger partial charge in [-0.25, -0.2) is 0 Å². The number of carbonyl (C=O) groups is 1. The summed E-state index contributed by atoms with van der Waals surface area (Å²) in [6.07, 6.45) is 0.885. The highest BCUT2D eigenvalue weighted by Crippen LogP contribution is 2.17. The quantitative estimate of drug-likeness (QED) is 0.891. The number of aryl methyl sites for hydroxylation is 1. The number of hydrogen-bond acceptors (Lipinski definition) is 2. The van der Waals surface area contributed by atoms with Crippen LogP contribution in [0.2, 0.25) is 0 Å². The molecule has 0 spiro atoms. The van der Waals surface area contributed by atoms with Gasteiger partial charge in [0, 0.05) is 19.6 Å². The molecular weight excluding hydrogens is 248 g/mol. The van der Waals surface area contributed by atoms with Gasteiger partial charge in [0.25, 0.3) is 0 Å². The van der Waals surface area contributed by atoms with Gasteiger partial charge in [0.2, 0.25) is 5.91 Å². The SMILES string of the molecule is Cc1ccc2cc(CCNC(=O)C3CNC3)ccc2c1. The van der Waals surface area contributed by atoms with Crippen molar-refractivity contribution >= 4 is 16.7 Å². The average Bonchev–Trinajstić information content (AvgIpc) is 2.37. The molecule has 1 saturated heterocycles. The predicted molar refractivity (Wildman–Crippen MR) is 81.8 cm³/mol. The maximum absolute atomic E-state index is 11.7. The first-order chi connectivity index (χ1) is 9.72. The Morgan fingerprint density at radius 3 is 2.70 bits per heavy atom. The molecule has 1 aliphatic rings. The standard InChI is InChI=1S/C17H20N2O/c1-12-2-4-15-9-13(3-5-14(15)8-12)6-7-19-17(20)16-10-18-11-16/h2-5,8-9,16,18H,6-7,10-11H2,1H3,(H,19,20). The summed E-state index contributed by atoms with van der Waals surface area (Å²) in [7, 11) is 0. The Balaban J connectivity index is 1.59. The van der Waals surface area contributed by atoms with Crippen molar-refractivity contribution in [1.29, 1.82) is 0 Å². The van der Waals surface area contributed by atoms with Crippen molar-refractivity contribution in [3.05, 3.63) is 47.5 Å². The lowest BCUT2D eigenvalue weighted by Gasteiger charge is -2.25. The second-order valence-electron chi connectivity index (χ2n) is 5.58. The van der Waals surface area contributed by atoms with Gasteiger partial charge in [0.05, 0.1) is 5.92 Å². The minimum absolute atomic E-state index is 0.176. The van der Waals surface area contributed by atoms with E-state index >= 15 is 0 Å². The van der Waals surface area contributed by atoms with Crippen molar-refractivity contribution in [2.45, 2.75) is 13.3 Å². The zero-order valence-corrected chi connectivity index (χ0v) is 11.8. The van der Waals surface area contributed by atoms with Crippen LogP contribution in [0.1, 0.15) is 11.1 Å². The van der Waals surface area contributed by atoms with Gasteiger partial charge in [0.1, 0.15) is 0 Å². The highest BCUT2D eigenvalue weighted by molar-refractivity contribution is 5.84. The third-order valence-corrected chi connectivity index (χ3v) is 3.93. The van der Waals surface area contributed by atoms with E-state index in [9.17, 15) is 4.79 Å². The molecule has 2 N–H and O–H groups in total. The largest absolute Gasteiger partial charge is 0.355 e. The smallest absolute Gasteiger partial charge is 0.225 e. The van der Waals surface area contributed by atoms with Gasteiger partial charge in [-0.2, -0.15) is 0 Å². The minimum atomic E-state index is 0.176. The Morgan fingerprint density at radius 1 is 1.20 bits per heavy atom. The molecule has 0 unspecified atom stereocenters. The normalized spacial score (nSPS) is 15.1. The number of carbonyl (C=O) groups excluding carboxylic acids is 1. The number of nitrogens with one attached hydrogen (secondary N) is 2. The van der Waals surface area contributed by atoms with Crippen molar-refractivity contribution in [2.24, 2.45) is 5.92 Å². The number of rotatable bonds is 4. The molecule has 0 atom stereocenters. The van der Waals surface area contributed by atoms with Gasteiger partial charge in [-0.1, -0.05) is 42.0 Å². The van der Waals surface area contributed by atoms with Crippen LogP contribution in [0, 0.1) is 12.8 Å². The zero-order valence-electron chi connectivity index (χ0n) is 11.8. The maximum atomic E-state index is 11.7. The van der Waals surface area contributed by atoms with Crippen LogP contribution in [-0.4, -0.2) is 25.5 Å². The lowest BCUT2D eigenvalue weighted by Crippen LogP contribution is -2.51. The summed E-state index contributed by atoms with van der Waals surface area (Å²) < 4.78 is 0. The molecule has 0 saturated carbocycles. The number of fused-ring (bicyclic) bond motifs is 1. The van der Waals surface area contributed by atoms with E-state index in [0.29, 0.717) is 6.54 Å². The molecule has 3 rings (SSSR count). The second kappa shape index (κ2) is 5.63. The zero-order chi connectivity index (χ0) is 13.9. The first-order valence-electron chi connectivity index (χ1n) is 7.20. The summed E-state index contributed by atoms with van der Waals surface area (Å²) in [5, 5.41) is 8.67. The van der Waals surface area contributed by atoms with Crippen LogP contribution in [0.4, 0.5) is 0 Å². The van der Waals surface area contributed by atoms with Crippen LogP contribution < -0.4 is 10.6 Å². The molecule has 1 heterocycles. The van der Waals surface area contributed by atoms with Crippen LogP contribution >= 0.6 is 0 Å². The lowest BCUT2D eigenvalue weighted by molar-refractivity contribution is -0.126. The Hall–Kier alpha value is -1.87. The molecule has 20 heavy (non-hydrogen) atoms. The summed E-state index contributed by atoms with van der Waals surface area (Å²) in [5.41, 5.74) is 2.56. The highest BCUT2D eigenvalue weighted by atomic mass is 16.2. The van der Waals surface area contributed by atoms with Crippen LogP contribution in [0.25, 0.3) is 10.8 Å². The molecule has 0 bridgehead atoms. The number of benzene rings is 2. The molecule has 0 aliphatic carbocycles. The van der Waals surface area contributed by atoms with Crippen molar-refractivity contribution in [2.75, 3.05) is 19.6 Å². The monoisotopic (exact) mass is 268 g/mol. The Bertz CT molecular complexity index is 632. The molecule has 0 aromatic heterocycles. The van der Waals surface area contributed by atoms with E-state index in [1.54, 1.807) is 0 Å². The molecule has 1 amide bonds. The fraction of sp³-hybridized carbons (Fsp3) is 0.353. The van der Waals surface area contributed by atoms with E-state index in [2.05, 4.69) is 54.0 Å². The van der Waals surface area contributed by atoms with Gasteiger partial charge in [-0.05, 0) is 29.7 Å². The van der Waals surface area contributed by atoms with E-state index in [-0.39, 0.29) is 11.8 Å². The Morgan fingerprint density at radius 2 is 1.95 bits per heavy atom. The van der Waals surface area contributed by atoms with Crippen molar-refractivity contribution in [3.63, 3.8) is 0 Å². The van der Waals surface area contributed by atoms with E-state index in [0.717, 1.165) is 19.5 Å². The molecule has 2 aromatic rings. The number of hydrogen-bond donors (Lipinski definition) is 2. The highest BCUT2D eigenvalue weighted by Gasteiger charge is 2.23. The minimum Gasteiger partial charge on any atom is -0.355 e. The van der Waals surface area contributed by atoms with E-state index in [4.69, 9.17) is 0 Å². The lowest BCUT2D eigenvalue weighted by atomic mass is 10.0. The molecule has 2 aromatic carbocycles. The average molecular weight is 268 g/mol. The molecular formula is C17H20N2O. The van der Waals surface area contributed by atoms with Gasteiger partial charge in [-0.15, -0.1) is 0 Å². The predicted octanol–water partition coefficient (Wildman–Crippen LogP) is 2.03. The Labute approximate surface area is 119 Å². The van der Waals surface area contributed by atoms with Crippen LogP contribution in [-0.2, 0) is 11.2 Å². The summed E-state index contributed by atoms with van der Waals surface area (Å²) >= 11 is 0. The first kappa shape index (κ1) is 13.1. The van der Waals surface area contributed by atoms with Gasteiger partial charge in [0.15, 0.2) is 0 Å².